The van der Waals surface area contributed by atoms with Crippen molar-refractivity contribution in [3.63, 3.8) is 0 Å². The van der Waals surface area contributed by atoms with E-state index in [-0.39, 0.29) is 99.6 Å². The van der Waals surface area contributed by atoms with E-state index >= 15 is 0 Å². The molecule has 3 saturated heterocycles. The summed E-state index contributed by atoms with van der Waals surface area (Å²) in [6.07, 6.45) is 8.16. The number of aliphatic hydroxyl groups is 1. The predicted octanol–water partition coefficient (Wildman–Crippen LogP) is 2.74. The molecule has 0 bridgehead atoms. The van der Waals surface area contributed by atoms with Gasteiger partial charge in [0.25, 0.3) is 0 Å². The maximum Gasteiger partial charge on any atom is 0.412 e. The van der Waals surface area contributed by atoms with Gasteiger partial charge in [-0.25, -0.2) is 4.79 Å². The van der Waals surface area contributed by atoms with Crippen LogP contribution in [0.4, 0.5) is 0 Å². The molecule has 3 amide bonds. The number of carbonyl (C=O) groups is 3. The van der Waals surface area contributed by atoms with Gasteiger partial charge in [-0.2, -0.15) is 13.3 Å². The van der Waals surface area contributed by atoms with Gasteiger partial charge in [-0.1, -0.05) is 27.2 Å². The quantitative estimate of drug-likeness (QED) is 0.0724. The van der Waals surface area contributed by atoms with Gasteiger partial charge in [0.05, 0.1) is 19.3 Å². The van der Waals surface area contributed by atoms with Crippen molar-refractivity contribution >= 4 is 55.2 Å². The van der Waals surface area contributed by atoms with E-state index < -0.39 is 19.1 Å². The zero-order valence-electron chi connectivity index (χ0n) is 28.3. The molecular formula is C30H58BIN4O7Y-2. The first-order valence-corrected chi connectivity index (χ1v) is 15.6. The Hall–Kier alpha value is -0.341. The molecule has 0 aromatic carbocycles. The maximum absolute atomic E-state index is 11.9. The second-order valence-electron chi connectivity index (χ2n) is 11.0. The molecule has 44 heavy (non-hydrogen) atoms. The summed E-state index contributed by atoms with van der Waals surface area (Å²) >= 11 is 0. The van der Waals surface area contributed by atoms with Crippen molar-refractivity contribution in [3.8, 4) is 0 Å². The number of amides is 3. The van der Waals surface area contributed by atoms with Gasteiger partial charge in [-0.05, 0) is 71.8 Å². The zero-order valence-corrected chi connectivity index (χ0v) is 33.5. The summed E-state index contributed by atoms with van der Waals surface area (Å²) in [5.74, 6) is 0.436. The molecule has 14 heteroatoms. The predicted molar refractivity (Wildman–Crippen MR) is 181 cm³/mol. The number of aliphatic hydroxyl groups excluding tert-OH is 1. The average molecular weight is 813 g/mol. The number of likely N-dealkylation sites (tertiary alicyclic amines) is 2. The summed E-state index contributed by atoms with van der Waals surface area (Å²) in [6.45, 7) is 16.7. The summed E-state index contributed by atoms with van der Waals surface area (Å²) < 4.78 is 4.90. The molecule has 0 aromatic heterocycles. The average Bonchev–Trinajstić information content (AvgIpc) is 3.62. The van der Waals surface area contributed by atoms with Gasteiger partial charge in [0.1, 0.15) is 6.04 Å². The van der Waals surface area contributed by atoms with Gasteiger partial charge in [0.2, 0.25) is 11.8 Å². The van der Waals surface area contributed by atoms with Crippen LogP contribution in [0.25, 0.3) is 0 Å². The number of nitrogens with zero attached hydrogens (tertiary/aromatic N) is 3. The second-order valence-corrected chi connectivity index (χ2v) is 11.0. The monoisotopic (exact) mass is 813 g/mol. The third-order valence-corrected chi connectivity index (χ3v) is 8.43. The standard InChI is InChI=1S/C10H18BNO4.C10H19N2O.C8H15NO2.C2H5.HI.Y/c1-4-7-6-8(10(14)16-5-2)12(9(7)13)11(3)15;1-3-9-6-10(12(2)7-9)4-5-11-8-13;1-3-6-4-7(5-10)9(2)8(6)11;1-2;;/h7-8,15H,4-6H2,1-3H3;9-10H,3-7H2,1-2H3,(H,11,13);6-7,10H,3-5H2,1-2H3;1H2,2H3;1H;/q;-1;;-1;;/t7-,8+;9-,10-;6-,7+;;;/m111.../s1. The van der Waals surface area contributed by atoms with E-state index in [1.54, 1.807) is 32.2 Å². The number of ether oxygens (including phenoxy) is 1. The van der Waals surface area contributed by atoms with Crippen molar-refractivity contribution in [1.29, 1.82) is 0 Å². The number of carbonyl (C=O) groups excluding carboxylic acids is 4. The number of rotatable bonds is 11. The van der Waals surface area contributed by atoms with E-state index in [4.69, 9.17) is 9.84 Å². The molecule has 3 N–H and O–H groups in total. The Morgan fingerprint density at radius 1 is 1.02 bits per heavy atom. The number of hydrogen-bond acceptors (Lipinski definition) is 8. The molecular weight excluding hydrogens is 755 g/mol. The molecule has 0 saturated carbocycles. The Kier molecular flexibility index (Phi) is 29.2. The first-order valence-electron chi connectivity index (χ1n) is 15.6. The number of esters is 1. The third kappa shape index (κ3) is 15.0. The summed E-state index contributed by atoms with van der Waals surface area (Å²) in [5.41, 5.74) is 0. The number of halogens is 1. The Balaban J connectivity index is -0.000000553. The fraction of sp³-hybridized carbons (Fsp3) is 0.833. The molecule has 3 aliphatic rings. The second kappa shape index (κ2) is 26.7. The van der Waals surface area contributed by atoms with E-state index in [9.17, 15) is 24.2 Å². The van der Waals surface area contributed by atoms with Crippen LogP contribution in [-0.4, -0.2) is 115 Å². The molecule has 3 rings (SSSR count). The minimum atomic E-state index is -0.946. The Morgan fingerprint density at radius 2 is 1.59 bits per heavy atom. The molecule has 3 heterocycles. The Labute approximate surface area is 309 Å². The molecule has 0 unspecified atom stereocenters. The summed E-state index contributed by atoms with van der Waals surface area (Å²) in [7, 11) is 2.99. The largest absolute Gasteiger partial charge is 0.530 e. The minimum Gasteiger partial charge on any atom is -0.530 e. The van der Waals surface area contributed by atoms with Crippen molar-refractivity contribution in [2.45, 2.75) is 105 Å². The fourth-order valence-corrected chi connectivity index (χ4v) is 5.80. The third-order valence-electron chi connectivity index (χ3n) is 8.43. The van der Waals surface area contributed by atoms with Gasteiger partial charge >= 0.3 is 13.0 Å². The summed E-state index contributed by atoms with van der Waals surface area (Å²) in [4.78, 5) is 50.0. The van der Waals surface area contributed by atoms with Crippen LogP contribution >= 0.6 is 24.0 Å². The van der Waals surface area contributed by atoms with E-state index in [1.165, 1.54) is 31.0 Å². The molecule has 3 aliphatic heterocycles. The van der Waals surface area contributed by atoms with Crippen LogP contribution in [0.3, 0.4) is 0 Å². The van der Waals surface area contributed by atoms with E-state index in [2.05, 4.69) is 31.1 Å². The van der Waals surface area contributed by atoms with E-state index in [0.717, 1.165) is 31.7 Å². The number of hydrogen-bond donors (Lipinski definition) is 3. The van der Waals surface area contributed by atoms with Crippen molar-refractivity contribution in [2.75, 3.05) is 40.4 Å². The van der Waals surface area contributed by atoms with Crippen LogP contribution in [0.1, 0.15) is 79.6 Å². The Bertz CT molecular complexity index is 813. The van der Waals surface area contributed by atoms with Gasteiger partial charge in [0.15, 0.2) is 0 Å². The van der Waals surface area contributed by atoms with Gasteiger partial charge < -0.3 is 46.5 Å². The van der Waals surface area contributed by atoms with Crippen LogP contribution < -0.4 is 5.32 Å². The normalized spacial score (nSPS) is 25.6. The number of nitrogens with one attached hydrogen (secondary N) is 1. The molecule has 6 atom stereocenters. The van der Waals surface area contributed by atoms with Crippen LogP contribution in [0, 0.1) is 24.7 Å². The zero-order chi connectivity index (χ0) is 32.4. The van der Waals surface area contributed by atoms with Gasteiger partial charge in [-0.15, -0.1) is 24.0 Å². The van der Waals surface area contributed by atoms with Crippen molar-refractivity contribution in [3.05, 3.63) is 6.92 Å². The first-order chi connectivity index (χ1) is 20.0. The molecule has 3 fully saturated rings. The molecule has 0 aromatic rings. The van der Waals surface area contributed by atoms with Crippen molar-refractivity contribution in [1.82, 2.24) is 19.9 Å². The van der Waals surface area contributed by atoms with Gasteiger partial charge in [0, 0.05) is 64.2 Å². The van der Waals surface area contributed by atoms with E-state index in [0.29, 0.717) is 18.9 Å². The molecule has 0 spiro atoms. The van der Waals surface area contributed by atoms with Crippen molar-refractivity contribution in [2.24, 2.45) is 17.8 Å². The Morgan fingerprint density at radius 3 is 1.98 bits per heavy atom. The van der Waals surface area contributed by atoms with Crippen LogP contribution in [-0.2, 0) is 56.6 Å². The maximum atomic E-state index is 11.9. The molecule has 1 radical (unpaired) electrons. The van der Waals surface area contributed by atoms with Gasteiger partial charge in [-0.3, -0.25) is 9.59 Å². The SMILES string of the molecule is CCOC(=O)[C@@H]1C[C@@H](CC)C(=O)N1B(C)O.CC[C@@H]1C[C@@H](CCN[C-]=O)N(C)C1.CC[C@@H]1C[C@@H](CO)N(C)C1=O.I.[CH2-]C.[Y]. The van der Waals surface area contributed by atoms with Crippen molar-refractivity contribution < 1.29 is 66.8 Å². The summed E-state index contributed by atoms with van der Waals surface area (Å²) in [6, 6.07) is 0.0932. The fourth-order valence-electron chi connectivity index (χ4n) is 5.80. The van der Waals surface area contributed by atoms with Crippen LogP contribution in [0.5, 0.6) is 0 Å². The number of likely N-dealkylation sites (N-methyl/N-ethyl adjacent to an activating group) is 1. The minimum absolute atomic E-state index is 0. The molecule has 255 valence electrons. The van der Waals surface area contributed by atoms with E-state index in [1.807, 2.05) is 13.8 Å². The molecule has 11 nitrogen and oxygen atoms in total. The topological polar surface area (TPSA) is 140 Å². The smallest absolute Gasteiger partial charge is 0.412 e. The summed E-state index contributed by atoms with van der Waals surface area (Å²) in [5, 5.41) is 21.0. The van der Waals surface area contributed by atoms with Crippen LogP contribution in [0.15, 0.2) is 0 Å². The molecule has 0 aliphatic carbocycles. The first kappa shape index (κ1) is 48.1. The van der Waals surface area contributed by atoms with Crippen LogP contribution in [0.2, 0.25) is 6.82 Å².